The van der Waals surface area contributed by atoms with Gasteiger partial charge in [0.05, 0.1) is 18.6 Å². The van der Waals surface area contributed by atoms with Crippen LogP contribution in [0.4, 0.5) is 5.82 Å². The lowest BCUT2D eigenvalue weighted by Gasteiger charge is -2.25. The Kier molecular flexibility index (Phi) is 7.66. The van der Waals surface area contributed by atoms with Gasteiger partial charge in [0, 0.05) is 12.7 Å². The third-order valence-electron chi connectivity index (χ3n) is 6.78. The molecule has 2 aromatic heterocycles. The van der Waals surface area contributed by atoms with Crippen LogP contribution in [0.2, 0.25) is 0 Å². The van der Waals surface area contributed by atoms with Crippen molar-refractivity contribution in [3.8, 4) is 0 Å². The maximum atomic E-state index is 12.9. The van der Waals surface area contributed by atoms with Gasteiger partial charge in [-0.15, -0.1) is 0 Å². The van der Waals surface area contributed by atoms with Gasteiger partial charge in [-0.1, -0.05) is 0 Å². The number of nitrogens with one attached hydrogen (secondary N) is 1. The third-order valence-corrected chi connectivity index (χ3v) is 10.3. The number of fused-ring (bicyclic) bond motifs is 3. The molecule has 210 valence electrons. The average Bonchev–Trinajstić information content (AvgIpc) is 3.39. The van der Waals surface area contributed by atoms with Crippen molar-refractivity contribution in [2.75, 3.05) is 25.1 Å². The summed E-state index contributed by atoms with van der Waals surface area (Å²) in [5, 5.41) is 25.9. The van der Waals surface area contributed by atoms with Crippen LogP contribution in [-0.2, 0) is 50.4 Å². The topological polar surface area (TPSA) is 196 Å². The van der Waals surface area contributed by atoms with E-state index in [1.54, 1.807) is 10.8 Å². The number of aryl methyl sites for hydroxylation is 1. The Hall–Kier alpha value is -0.370. The molecule has 2 aromatic rings. The van der Waals surface area contributed by atoms with Gasteiger partial charge < -0.3 is 43.9 Å². The zero-order valence-electron chi connectivity index (χ0n) is 19.5. The number of phosphoric acid groups is 1. The predicted octanol–water partition coefficient (Wildman–Crippen LogP) is 0.703. The fourth-order valence-corrected chi connectivity index (χ4v) is 8.59. The van der Waals surface area contributed by atoms with E-state index < -0.39 is 74.7 Å². The summed E-state index contributed by atoms with van der Waals surface area (Å²) in [4.78, 5) is 29.8. The molecule has 0 spiro atoms. The number of nitrogens with zero attached hydrogens (tertiary/aromatic N) is 3. The van der Waals surface area contributed by atoms with Crippen LogP contribution in [0.25, 0.3) is 11.0 Å². The molecule has 19 heteroatoms. The molecule has 15 nitrogen and oxygen atoms in total. The lowest BCUT2D eigenvalue weighted by Crippen LogP contribution is -2.36. The maximum absolute atomic E-state index is 12.9. The Morgan fingerprint density at radius 3 is 2.68 bits per heavy atom. The van der Waals surface area contributed by atoms with Gasteiger partial charge in [0.1, 0.15) is 58.5 Å². The molecule has 2 bridgehead atoms. The fraction of sp³-hybridized carbons (Fsp3) is 0.684. The standard InChI is InChI=1S/C19H25IN4O11P2S/c20-16-15-12(25)9(32-16)5-30-36(27,28)34-14-10(6-31-37(29,38)35-15)33-19(13(14)26)24-4-8-2-1-3-21-17-11(8)18(24)23-7-22-17/h4,7,9-10,12-16,19,25-26H,1-3,5-6H2,(H,27,28)(H,29,38)(H,21,22,23)/t9?,10-,12-,13-,14-,15-,16-,19-,37?/m1/s1. The van der Waals surface area contributed by atoms with Gasteiger partial charge in [0.15, 0.2) is 6.23 Å². The molecule has 5 N–H and O–H groups in total. The number of alkyl halides is 1. The quantitative estimate of drug-likeness (QED) is 0.158. The summed E-state index contributed by atoms with van der Waals surface area (Å²) in [6, 6.07) is 0. The zero-order chi connectivity index (χ0) is 26.8. The number of hydrogen-bond donors (Lipinski definition) is 5. The molecule has 0 amide bonds. The van der Waals surface area contributed by atoms with Crippen LogP contribution in [0.1, 0.15) is 18.2 Å². The number of aliphatic hydroxyl groups is 2. The number of hydrogen-bond acceptors (Lipinski definition) is 13. The Labute approximate surface area is 234 Å². The molecule has 6 heterocycles. The summed E-state index contributed by atoms with van der Waals surface area (Å²) in [5.41, 5.74) is 1.45. The highest BCUT2D eigenvalue weighted by Crippen LogP contribution is 2.53. The highest BCUT2D eigenvalue weighted by Gasteiger charge is 2.52. The second kappa shape index (κ2) is 10.5. The Balaban J connectivity index is 1.33. The van der Waals surface area contributed by atoms with E-state index >= 15 is 0 Å². The van der Waals surface area contributed by atoms with Crippen LogP contribution in [0.5, 0.6) is 0 Å². The van der Waals surface area contributed by atoms with Crippen molar-refractivity contribution < 1.29 is 52.1 Å². The second-order valence-electron chi connectivity index (χ2n) is 9.25. The molecule has 6 rings (SSSR count). The first-order valence-electron chi connectivity index (χ1n) is 11.7. The largest absolute Gasteiger partial charge is 0.472 e. The summed E-state index contributed by atoms with van der Waals surface area (Å²) in [6.07, 6.45) is -3.86. The van der Waals surface area contributed by atoms with Crippen LogP contribution >= 0.6 is 37.1 Å². The molecule has 4 aliphatic heterocycles. The first-order valence-corrected chi connectivity index (χ1v) is 17.1. The number of aromatic nitrogens is 3. The maximum Gasteiger partial charge on any atom is 0.472 e. The van der Waals surface area contributed by atoms with E-state index in [0.717, 1.165) is 30.3 Å². The monoisotopic (exact) mass is 706 g/mol. The molecule has 3 saturated heterocycles. The van der Waals surface area contributed by atoms with Crippen molar-refractivity contribution in [3.63, 3.8) is 0 Å². The molecule has 0 radical (unpaired) electrons. The first-order chi connectivity index (χ1) is 18.0. The van der Waals surface area contributed by atoms with Crippen LogP contribution in [0.3, 0.4) is 0 Å². The number of rotatable bonds is 1. The van der Waals surface area contributed by atoms with Crippen molar-refractivity contribution in [1.82, 2.24) is 14.5 Å². The van der Waals surface area contributed by atoms with Gasteiger partial charge in [-0.05, 0) is 52.8 Å². The molecule has 3 fully saturated rings. The molecule has 38 heavy (non-hydrogen) atoms. The highest BCUT2D eigenvalue weighted by molar-refractivity contribution is 14.1. The number of ether oxygens (including phenoxy) is 2. The number of aliphatic hydroxyl groups excluding tert-OH is 2. The predicted molar refractivity (Wildman–Crippen MR) is 141 cm³/mol. The lowest BCUT2D eigenvalue weighted by atomic mass is 10.1. The summed E-state index contributed by atoms with van der Waals surface area (Å²) in [7, 11) is -4.79. The average molecular weight is 706 g/mol. The Morgan fingerprint density at radius 2 is 1.87 bits per heavy atom. The summed E-state index contributed by atoms with van der Waals surface area (Å²) < 4.78 is 46.8. The van der Waals surface area contributed by atoms with Gasteiger partial charge >= 0.3 is 14.5 Å². The minimum absolute atomic E-state index is 0.459. The molecular formula is C19H25IN4O11P2S. The highest BCUT2D eigenvalue weighted by atomic mass is 127. The van der Waals surface area contributed by atoms with Crippen molar-refractivity contribution in [2.45, 2.75) is 59.8 Å². The number of phosphoric ester groups is 1. The molecule has 10 atom stereocenters. The van der Waals surface area contributed by atoms with Gasteiger partial charge in [0.25, 0.3) is 0 Å². The SMILES string of the molecule is O=P1(O)OCC2O[C@@H](I)[C@H](OP(O)(=S)OC[C@H]3O[C@@H](n4cc5c6c(ncnc64)NCCC5)[C@H](O)[C@@H]3O1)[C@@H]2O. The van der Waals surface area contributed by atoms with Crippen molar-refractivity contribution >= 4 is 65.8 Å². The van der Waals surface area contributed by atoms with Crippen molar-refractivity contribution in [3.05, 3.63) is 18.1 Å². The Bertz CT molecular complexity index is 1320. The molecule has 0 saturated carbocycles. The Morgan fingerprint density at radius 1 is 1.08 bits per heavy atom. The second-order valence-corrected chi connectivity index (χ2v) is 14.7. The molecule has 0 aliphatic carbocycles. The van der Waals surface area contributed by atoms with Crippen LogP contribution in [-0.4, -0.2) is 95.0 Å². The van der Waals surface area contributed by atoms with E-state index in [4.69, 9.17) is 39.4 Å². The molecule has 0 aromatic carbocycles. The van der Waals surface area contributed by atoms with E-state index in [2.05, 4.69) is 15.3 Å². The minimum Gasteiger partial charge on any atom is -0.387 e. The zero-order valence-corrected chi connectivity index (χ0v) is 24.2. The van der Waals surface area contributed by atoms with Crippen molar-refractivity contribution in [1.29, 1.82) is 0 Å². The fourth-order valence-electron chi connectivity index (χ4n) is 5.02. The van der Waals surface area contributed by atoms with E-state index in [1.165, 1.54) is 6.33 Å². The van der Waals surface area contributed by atoms with Crippen LogP contribution in [0, 0.1) is 0 Å². The third kappa shape index (κ3) is 5.20. The molecule has 4 aliphatic rings. The van der Waals surface area contributed by atoms with Gasteiger partial charge in [0.2, 0.25) is 0 Å². The van der Waals surface area contributed by atoms with Gasteiger partial charge in [-0.25, -0.2) is 14.5 Å². The number of anilines is 1. The van der Waals surface area contributed by atoms with E-state index in [-0.39, 0.29) is 0 Å². The first kappa shape index (κ1) is 27.8. The summed E-state index contributed by atoms with van der Waals surface area (Å²) >= 11 is 6.97. The van der Waals surface area contributed by atoms with Crippen LogP contribution < -0.4 is 5.32 Å². The smallest absolute Gasteiger partial charge is 0.387 e. The van der Waals surface area contributed by atoms with E-state index in [0.29, 0.717) is 11.5 Å². The van der Waals surface area contributed by atoms with Gasteiger partial charge in [-0.2, -0.15) is 0 Å². The summed E-state index contributed by atoms with van der Waals surface area (Å²) in [6.45, 7) is -4.18. The van der Waals surface area contributed by atoms with Crippen LogP contribution in [0.15, 0.2) is 12.5 Å². The summed E-state index contributed by atoms with van der Waals surface area (Å²) in [5.74, 6) is 0.662. The molecule has 3 unspecified atom stereocenters. The minimum atomic E-state index is -4.79. The van der Waals surface area contributed by atoms with E-state index in [9.17, 15) is 24.6 Å². The normalized spacial score (nSPS) is 43.9. The lowest BCUT2D eigenvalue weighted by molar-refractivity contribution is -0.0508. The molecular weight excluding hydrogens is 681 g/mol. The number of halogens is 1. The van der Waals surface area contributed by atoms with Gasteiger partial charge in [-0.3, -0.25) is 13.6 Å². The van der Waals surface area contributed by atoms with E-state index in [1.807, 2.05) is 22.6 Å². The van der Waals surface area contributed by atoms with Crippen molar-refractivity contribution in [2.24, 2.45) is 0 Å².